The third-order valence-electron chi connectivity index (χ3n) is 1.67. The van der Waals surface area contributed by atoms with E-state index in [1.54, 1.807) is 0 Å². The van der Waals surface area contributed by atoms with Crippen LogP contribution in [0.15, 0.2) is 12.1 Å². The molecule has 0 unspecified atom stereocenters. The van der Waals surface area contributed by atoms with Crippen molar-refractivity contribution in [3.8, 4) is 0 Å². The van der Waals surface area contributed by atoms with Crippen molar-refractivity contribution in [1.29, 1.82) is 0 Å². The van der Waals surface area contributed by atoms with Gasteiger partial charge in [-0.2, -0.15) is 0 Å². The summed E-state index contributed by atoms with van der Waals surface area (Å²) in [6.07, 6.45) is 0. The van der Waals surface area contributed by atoms with Crippen LogP contribution >= 0.6 is 0 Å². The Hall–Kier alpha value is -2.58. The maximum atomic E-state index is 10.5. The summed E-state index contributed by atoms with van der Waals surface area (Å²) in [5, 5.41) is 31.5. The first-order chi connectivity index (χ1) is 7.34. The van der Waals surface area contributed by atoms with E-state index in [2.05, 4.69) is 0 Å². The Kier molecular flexibility index (Phi) is 2.79. The second kappa shape index (κ2) is 3.88. The molecule has 0 heterocycles. The molecule has 1 aromatic carbocycles. The second-order valence-corrected chi connectivity index (χ2v) is 2.68. The summed E-state index contributed by atoms with van der Waals surface area (Å²) >= 11 is 0. The van der Waals surface area contributed by atoms with Gasteiger partial charge in [0.05, 0.1) is 14.8 Å². The second-order valence-electron chi connectivity index (χ2n) is 2.68. The van der Waals surface area contributed by atoms with E-state index in [0.29, 0.717) is 12.1 Å². The average molecular weight is 225 g/mol. The molecule has 82 valence electrons. The van der Waals surface area contributed by atoms with Crippen LogP contribution in [0.3, 0.4) is 0 Å². The van der Waals surface area contributed by atoms with Crippen LogP contribution in [0.1, 0.15) is 5.56 Å². The Morgan fingerprint density at radius 3 is 1.50 bits per heavy atom. The van der Waals surface area contributed by atoms with Crippen molar-refractivity contribution in [1.82, 2.24) is 0 Å². The summed E-state index contributed by atoms with van der Waals surface area (Å²) < 4.78 is 0. The van der Waals surface area contributed by atoms with Crippen molar-refractivity contribution >= 4 is 17.1 Å². The SMILES string of the molecule is [CH]c1cc([N+](=O)[O-])c([N+](=O)[O-])c([N+](=O)[O-])c1. The normalized spacial score (nSPS) is 9.81. The van der Waals surface area contributed by atoms with Crippen molar-refractivity contribution in [3.05, 3.63) is 55.0 Å². The molecule has 0 fully saturated rings. The van der Waals surface area contributed by atoms with Crippen LogP contribution in [0.25, 0.3) is 0 Å². The summed E-state index contributed by atoms with van der Waals surface area (Å²) in [6, 6.07) is 1.40. The fourth-order valence-electron chi connectivity index (χ4n) is 1.09. The topological polar surface area (TPSA) is 129 Å². The summed E-state index contributed by atoms with van der Waals surface area (Å²) in [6.45, 7) is 5.17. The standard InChI is InChI=1S/C7H3N3O6/c1-4-2-5(8(11)12)7(10(15)16)6(3-4)9(13)14/h1-3H. The van der Waals surface area contributed by atoms with Crippen molar-refractivity contribution in [2.24, 2.45) is 0 Å². The smallest absolute Gasteiger partial charge is 0.258 e. The minimum atomic E-state index is -1.18. The zero-order chi connectivity index (χ0) is 12.5. The number of hydrogen-bond donors (Lipinski definition) is 0. The first-order valence-corrected chi connectivity index (χ1v) is 3.71. The quantitative estimate of drug-likeness (QED) is 0.565. The lowest BCUT2D eigenvalue weighted by Crippen LogP contribution is -2.02. The lowest BCUT2D eigenvalue weighted by Gasteiger charge is -1.97. The Balaban J connectivity index is 3.67. The predicted molar refractivity (Wildman–Crippen MR) is 49.8 cm³/mol. The molecule has 0 atom stereocenters. The highest BCUT2D eigenvalue weighted by molar-refractivity contribution is 5.67. The van der Waals surface area contributed by atoms with Gasteiger partial charge in [-0.3, -0.25) is 30.3 Å². The Morgan fingerprint density at radius 1 is 0.875 bits per heavy atom. The van der Waals surface area contributed by atoms with Crippen molar-refractivity contribution in [2.45, 2.75) is 0 Å². The Bertz CT molecular complexity index is 462. The number of nitro groups is 3. The van der Waals surface area contributed by atoms with E-state index >= 15 is 0 Å². The van der Waals surface area contributed by atoms with E-state index in [1.807, 2.05) is 0 Å². The maximum absolute atomic E-state index is 10.5. The molecule has 2 radical (unpaired) electrons. The van der Waals surface area contributed by atoms with Crippen LogP contribution in [0.2, 0.25) is 0 Å². The van der Waals surface area contributed by atoms with Gasteiger partial charge >= 0.3 is 17.1 Å². The summed E-state index contributed by atoms with van der Waals surface area (Å²) in [5.74, 6) is 0. The lowest BCUT2D eigenvalue weighted by molar-refractivity contribution is -0.441. The molecule has 0 aromatic heterocycles. The first kappa shape index (κ1) is 11.5. The molecule has 0 N–H and O–H groups in total. The molecule has 0 aliphatic carbocycles. The highest BCUT2D eigenvalue weighted by Crippen LogP contribution is 2.36. The fraction of sp³-hybridized carbons (Fsp3) is 0. The van der Waals surface area contributed by atoms with Crippen LogP contribution in [-0.2, 0) is 0 Å². The third-order valence-corrected chi connectivity index (χ3v) is 1.67. The monoisotopic (exact) mass is 225 g/mol. The molecular formula is C7H3N3O6. The van der Waals surface area contributed by atoms with Crippen molar-refractivity contribution in [2.75, 3.05) is 0 Å². The number of nitrogens with zero attached hydrogens (tertiary/aromatic N) is 3. The molecule has 9 heteroatoms. The minimum absolute atomic E-state index is 0.288. The van der Waals surface area contributed by atoms with Gasteiger partial charge in [-0.25, -0.2) is 0 Å². The largest absolute Gasteiger partial charge is 0.422 e. The summed E-state index contributed by atoms with van der Waals surface area (Å²) in [7, 11) is 0. The number of hydrogen-bond acceptors (Lipinski definition) is 6. The van der Waals surface area contributed by atoms with Gasteiger partial charge in [-0.1, -0.05) is 0 Å². The van der Waals surface area contributed by atoms with E-state index < -0.39 is 31.8 Å². The van der Waals surface area contributed by atoms with Gasteiger partial charge in [0.2, 0.25) is 0 Å². The summed E-state index contributed by atoms with van der Waals surface area (Å²) in [4.78, 5) is 28.1. The van der Waals surface area contributed by atoms with Crippen LogP contribution in [0, 0.1) is 37.3 Å². The number of nitro benzene ring substituents is 3. The van der Waals surface area contributed by atoms with E-state index in [0.717, 1.165) is 0 Å². The molecule has 0 bridgehead atoms. The summed E-state index contributed by atoms with van der Waals surface area (Å²) in [5.41, 5.74) is -3.47. The van der Waals surface area contributed by atoms with E-state index in [1.165, 1.54) is 0 Å². The highest BCUT2D eigenvalue weighted by atomic mass is 16.6. The number of benzene rings is 1. The Labute approximate surface area is 87.8 Å². The van der Waals surface area contributed by atoms with Crippen LogP contribution in [0.4, 0.5) is 17.1 Å². The molecule has 1 rings (SSSR count). The van der Waals surface area contributed by atoms with Gasteiger partial charge in [-0.05, 0) is 12.5 Å². The molecule has 0 saturated heterocycles. The molecular weight excluding hydrogens is 222 g/mol. The molecule has 0 aliphatic heterocycles. The van der Waals surface area contributed by atoms with E-state index in [-0.39, 0.29) is 5.56 Å². The van der Waals surface area contributed by atoms with Gasteiger partial charge in [0.25, 0.3) is 0 Å². The number of rotatable bonds is 3. The molecule has 0 amide bonds. The first-order valence-electron chi connectivity index (χ1n) is 3.71. The maximum Gasteiger partial charge on any atom is 0.422 e. The van der Waals surface area contributed by atoms with Crippen LogP contribution < -0.4 is 0 Å². The van der Waals surface area contributed by atoms with Gasteiger partial charge < -0.3 is 0 Å². The van der Waals surface area contributed by atoms with E-state index in [4.69, 9.17) is 6.92 Å². The predicted octanol–water partition coefficient (Wildman–Crippen LogP) is 1.47. The minimum Gasteiger partial charge on any atom is -0.258 e. The molecule has 0 saturated carbocycles. The van der Waals surface area contributed by atoms with Gasteiger partial charge in [0.1, 0.15) is 0 Å². The van der Waals surface area contributed by atoms with Crippen LogP contribution in [0.5, 0.6) is 0 Å². The highest BCUT2D eigenvalue weighted by Gasteiger charge is 2.36. The third kappa shape index (κ3) is 1.92. The van der Waals surface area contributed by atoms with Gasteiger partial charge in [0, 0.05) is 12.1 Å². The molecule has 16 heavy (non-hydrogen) atoms. The average Bonchev–Trinajstić information content (AvgIpc) is 2.15. The molecule has 1 aromatic rings. The van der Waals surface area contributed by atoms with Crippen molar-refractivity contribution in [3.63, 3.8) is 0 Å². The van der Waals surface area contributed by atoms with Crippen molar-refractivity contribution < 1.29 is 14.8 Å². The molecule has 0 spiro atoms. The zero-order valence-electron chi connectivity index (χ0n) is 7.52. The van der Waals surface area contributed by atoms with Crippen LogP contribution in [-0.4, -0.2) is 14.8 Å². The fourth-order valence-corrected chi connectivity index (χ4v) is 1.09. The lowest BCUT2D eigenvalue weighted by atomic mass is 10.1. The van der Waals surface area contributed by atoms with Gasteiger partial charge in [-0.15, -0.1) is 0 Å². The Morgan fingerprint density at radius 2 is 1.25 bits per heavy atom. The van der Waals surface area contributed by atoms with Gasteiger partial charge in [0.15, 0.2) is 0 Å². The zero-order valence-corrected chi connectivity index (χ0v) is 7.52. The molecule has 9 nitrogen and oxygen atoms in total. The molecule has 0 aliphatic rings. The van der Waals surface area contributed by atoms with E-state index in [9.17, 15) is 30.3 Å².